The number of thioether (sulfide) groups is 1. The van der Waals surface area contributed by atoms with E-state index in [1.54, 1.807) is 24.3 Å². The van der Waals surface area contributed by atoms with Crippen molar-refractivity contribution >= 4 is 40.3 Å². The van der Waals surface area contributed by atoms with Crippen molar-refractivity contribution in [1.29, 1.82) is 0 Å². The number of nitrogens with two attached hydrogens (primary N) is 1. The van der Waals surface area contributed by atoms with Gasteiger partial charge in [0.25, 0.3) is 0 Å². The Morgan fingerprint density at radius 2 is 1.70 bits per heavy atom. The van der Waals surface area contributed by atoms with Gasteiger partial charge in [-0.05, 0) is 55.5 Å². The predicted octanol–water partition coefficient (Wildman–Crippen LogP) is 4.16. The molecule has 150 valence electrons. The van der Waals surface area contributed by atoms with Crippen LogP contribution in [0.25, 0.3) is 16.7 Å². The molecule has 0 radical (unpaired) electrons. The smallest absolute Gasteiger partial charge is 0.248 e. The van der Waals surface area contributed by atoms with E-state index in [9.17, 15) is 9.59 Å². The Kier molecular flexibility index (Phi) is 5.54. The van der Waals surface area contributed by atoms with Crippen LogP contribution in [0.15, 0.2) is 78.0 Å². The van der Waals surface area contributed by atoms with Crippen LogP contribution in [0.4, 0.5) is 5.69 Å². The number of aryl methyl sites for hydroxylation is 1. The minimum atomic E-state index is -0.501. The second-order valence-electron chi connectivity index (χ2n) is 6.83. The number of carbonyl (C=O) groups is 2. The monoisotopic (exact) mass is 416 g/mol. The molecule has 3 N–H and O–H groups in total. The topological polar surface area (TPSA) is 90.0 Å². The highest BCUT2D eigenvalue weighted by Crippen LogP contribution is 2.28. The van der Waals surface area contributed by atoms with Gasteiger partial charge in [0.05, 0.1) is 16.8 Å². The number of nitrogens with zero attached hydrogens (tertiary/aromatic N) is 2. The zero-order valence-electron chi connectivity index (χ0n) is 16.3. The van der Waals surface area contributed by atoms with E-state index in [0.29, 0.717) is 11.3 Å². The van der Waals surface area contributed by atoms with Crippen molar-refractivity contribution in [2.45, 2.75) is 12.1 Å². The molecule has 3 aromatic carbocycles. The highest BCUT2D eigenvalue weighted by molar-refractivity contribution is 7.99. The van der Waals surface area contributed by atoms with Crippen LogP contribution in [0.1, 0.15) is 15.9 Å². The van der Waals surface area contributed by atoms with E-state index in [1.807, 2.05) is 43.3 Å². The normalized spacial score (nSPS) is 10.8. The first-order chi connectivity index (χ1) is 14.5. The number of carbonyl (C=O) groups excluding carboxylic acids is 2. The Labute approximate surface area is 178 Å². The molecule has 4 rings (SSSR count). The molecule has 0 fully saturated rings. The van der Waals surface area contributed by atoms with Crippen molar-refractivity contribution in [2.24, 2.45) is 5.73 Å². The largest absolute Gasteiger partial charge is 0.366 e. The first kappa shape index (κ1) is 19.7. The maximum Gasteiger partial charge on any atom is 0.248 e. The number of fused-ring (bicyclic) bond motifs is 1. The number of amides is 2. The minimum Gasteiger partial charge on any atom is -0.366 e. The summed E-state index contributed by atoms with van der Waals surface area (Å²) >= 11 is 1.37. The second-order valence-corrected chi connectivity index (χ2v) is 7.78. The Morgan fingerprint density at radius 1 is 1.00 bits per heavy atom. The van der Waals surface area contributed by atoms with Crippen LogP contribution in [0, 0.1) is 6.92 Å². The van der Waals surface area contributed by atoms with Gasteiger partial charge in [0.2, 0.25) is 11.8 Å². The lowest BCUT2D eigenvalue weighted by Gasteiger charge is -2.10. The van der Waals surface area contributed by atoms with Crippen molar-refractivity contribution in [3.63, 3.8) is 0 Å². The summed E-state index contributed by atoms with van der Waals surface area (Å²) in [5.74, 6) is -0.458. The summed E-state index contributed by atoms with van der Waals surface area (Å²) in [6.07, 6.45) is 0. The highest BCUT2D eigenvalue weighted by Gasteiger charge is 2.14. The standard InChI is InChI=1S/C23H20N4O2S/c1-15-6-12-18(13-7-15)27-20-5-3-2-4-19(20)26-23(27)30-14-21(28)25-17-10-8-16(9-11-17)22(24)29/h2-13H,14H2,1H3,(H2,24,29)(H,25,28). The zero-order valence-corrected chi connectivity index (χ0v) is 17.1. The maximum atomic E-state index is 12.5. The predicted molar refractivity (Wildman–Crippen MR) is 120 cm³/mol. The van der Waals surface area contributed by atoms with Gasteiger partial charge in [-0.3, -0.25) is 14.2 Å². The quantitative estimate of drug-likeness (QED) is 0.462. The Balaban J connectivity index is 1.53. The summed E-state index contributed by atoms with van der Waals surface area (Å²) in [4.78, 5) is 28.3. The molecule has 2 amide bonds. The summed E-state index contributed by atoms with van der Waals surface area (Å²) in [6.45, 7) is 2.05. The van der Waals surface area contributed by atoms with Gasteiger partial charge in [0, 0.05) is 16.9 Å². The molecular weight excluding hydrogens is 396 g/mol. The van der Waals surface area contributed by atoms with E-state index in [4.69, 9.17) is 10.7 Å². The molecule has 1 aromatic heterocycles. The van der Waals surface area contributed by atoms with Gasteiger partial charge >= 0.3 is 0 Å². The van der Waals surface area contributed by atoms with E-state index in [0.717, 1.165) is 21.9 Å². The van der Waals surface area contributed by atoms with Gasteiger partial charge in [-0.25, -0.2) is 4.98 Å². The van der Waals surface area contributed by atoms with Gasteiger partial charge in [0.15, 0.2) is 5.16 Å². The molecule has 0 aliphatic heterocycles. The fraction of sp³-hybridized carbons (Fsp3) is 0.0870. The van der Waals surface area contributed by atoms with Gasteiger partial charge in [0.1, 0.15) is 0 Å². The summed E-state index contributed by atoms with van der Waals surface area (Å²) in [7, 11) is 0. The molecule has 0 aliphatic carbocycles. The molecule has 0 saturated heterocycles. The average Bonchev–Trinajstić information content (AvgIpc) is 3.12. The summed E-state index contributed by atoms with van der Waals surface area (Å²) in [6, 6.07) is 22.6. The molecular formula is C23H20N4O2S. The zero-order chi connectivity index (χ0) is 21.1. The molecule has 0 spiro atoms. The van der Waals surface area contributed by atoms with Crippen molar-refractivity contribution in [1.82, 2.24) is 9.55 Å². The third kappa shape index (κ3) is 4.21. The molecule has 1 heterocycles. The van der Waals surface area contributed by atoms with Crippen LogP contribution in [0.3, 0.4) is 0 Å². The summed E-state index contributed by atoms with van der Waals surface area (Å²) in [5, 5.41) is 3.58. The van der Waals surface area contributed by atoms with E-state index < -0.39 is 5.91 Å². The van der Waals surface area contributed by atoms with E-state index >= 15 is 0 Å². The molecule has 0 atom stereocenters. The van der Waals surface area contributed by atoms with Crippen molar-refractivity contribution in [3.05, 3.63) is 83.9 Å². The van der Waals surface area contributed by atoms with Crippen LogP contribution in [0.2, 0.25) is 0 Å². The number of rotatable bonds is 6. The lowest BCUT2D eigenvalue weighted by Crippen LogP contribution is -2.15. The van der Waals surface area contributed by atoms with Crippen molar-refractivity contribution in [3.8, 4) is 5.69 Å². The number of aromatic nitrogens is 2. The van der Waals surface area contributed by atoms with E-state index in [1.165, 1.54) is 17.3 Å². The van der Waals surface area contributed by atoms with E-state index in [2.05, 4.69) is 22.0 Å². The number of hydrogen-bond acceptors (Lipinski definition) is 4. The van der Waals surface area contributed by atoms with Crippen LogP contribution in [0.5, 0.6) is 0 Å². The maximum absolute atomic E-state index is 12.5. The van der Waals surface area contributed by atoms with Crippen LogP contribution in [-0.2, 0) is 4.79 Å². The number of imidazole rings is 1. The minimum absolute atomic E-state index is 0.158. The summed E-state index contributed by atoms with van der Waals surface area (Å²) in [5.41, 5.74) is 10.3. The molecule has 30 heavy (non-hydrogen) atoms. The lowest BCUT2D eigenvalue weighted by molar-refractivity contribution is -0.113. The Morgan fingerprint density at radius 3 is 2.40 bits per heavy atom. The van der Waals surface area contributed by atoms with Gasteiger partial charge in [-0.1, -0.05) is 41.6 Å². The number of nitrogens with one attached hydrogen (secondary N) is 1. The van der Waals surface area contributed by atoms with Gasteiger partial charge in [-0.2, -0.15) is 0 Å². The molecule has 4 aromatic rings. The molecule has 7 heteroatoms. The number of anilines is 1. The second kappa shape index (κ2) is 8.42. The number of para-hydroxylation sites is 2. The summed E-state index contributed by atoms with van der Waals surface area (Å²) < 4.78 is 2.06. The number of primary amides is 1. The van der Waals surface area contributed by atoms with Crippen LogP contribution >= 0.6 is 11.8 Å². The Hall–Kier alpha value is -3.58. The first-order valence-electron chi connectivity index (χ1n) is 9.38. The highest BCUT2D eigenvalue weighted by atomic mass is 32.2. The fourth-order valence-corrected chi connectivity index (χ4v) is 3.92. The molecule has 6 nitrogen and oxygen atoms in total. The Bertz CT molecular complexity index is 1210. The average molecular weight is 417 g/mol. The van der Waals surface area contributed by atoms with E-state index in [-0.39, 0.29) is 11.7 Å². The van der Waals surface area contributed by atoms with Gasteiger partial charge < -0.3 is 11.1 Å². The third-order valence-electron chi connectivity index (χ3n) is 4.61. The SMILES string of the molecule is Cc1ccc(-n2c(SCC(=O)Nc3ccc(C(N)=O)cc3)nc3ccccc32)cc1. The van der Waals surface area contributed by atoms with Crippen molar-refractivity contribution in [2.75, 3.05) is 11.1 Å². The van der Waals surface area contributed by atoms with Gasteiger partial charge in [-0.15, -0.1) is 0 Å². The van der Waals surface area contributed by atoms with Crippen LogP contribution < -0.4 is 11.1 Å². The fourth-order valence-electron chi connectivity index (χ4n) is 3.09. The molecule has 0 saturated carbocycles. The molecule has 0 aliphatic rings. The van der Waals surface area contributed by atoms with Crippen molar-refractivity contribution < 1.29 is 9.59 Å². The molecule has 0 unspecified atom stereocenters. The lowest BCUT2D eigenvalue weighted by atomic mass is 10.2. The number of hydrogen-bond donors (Lipinski definition) is 2. The first-order valence-corrected chi connectivity index (χ1v) is 10.4. The third-order valence-corrected chi connectivity index (χ3v) is 5.55. The number of benzene rings is 3. The molecule has 0 bridgehead atoms. The van der Waals surface area contributed by atoms with Crippen LogP contribution in [-0.4, -0.2) is 27.1 Å².